The van der Waals surface area contributed by atoms with Gasteiger partial charge >= 0.3 is 5.97 Å². The van der Waals surface area contributed by atoms with Crippen LogP contribution in [0.3, 0.4) is 0 Å². The van der Waals surface area contributed by atoms with E-state index < -0.39 is 5.97 Å². The number of aliphatic hydroxyl groups excluding tert-OH is 1. The molecule has 0 aliphatic heterocycles. The first kappa shape index (κ1) is 24.9. The smallest absolute Gasteiger partial charge is 0.330 e. The van der Waals surface area contributed by atoms with Gasteiger partial charge in [0.25, 0.3) is 0 Å². The minimum Gasteiger partial charge on any atom is -0.460 e. The highest BCUT2D eigenvalue weighted by atomic mass is 16.5. The number of hydrogen-bond donors (Lipinski definition) is 1. The highest BCUT2D eigenvalue weighted by molar-refractivity contribution is 5.82. The second-order valence-electron chi connectivity index (χ2n) is 6.13. The molecule has 0 rings (SSSR count). The maximum atomic E-state index is 11.1. The third kappa shape index (κ3) is 21.8. The molecule has 0 saturated carbocycles. The van der Waals surface area contributed by atoms with Crippen LogP contribution in [0.4, 0.5) is 0 Å². The van der Waals surface area contributed by atoms with Crippen LogP contribution in [0, 0.1) is 0 Å². The predicted molar refractivity (Wildman–Crippen MR) is 115 cm³/mol. The van der Waals surface area contributed by atoms with Crippen molar-refractivity contribution >= 4 is 5.97 Å². The molecule has 0 aromatic rings. The van der Waals surface area contributed by atoms with Gasteiger partial charge in [-0.3, -0.25) is 0 Å². The van der Waals surface area contributed by atoms with Gasteiger partial charge in [-0.05, 0) is 12.8 Å². The summed E-state index contributed by atoms with van der Waals surface area (Å²) in [6.07, 6.45) is 33.2. The van der Waals surface area contributed by atoms with Crippen molar-refractivity contribution in [3.05, 3.63) is 72.9 Å². The maximum absolute atomic E-state index is 11.1. The molecule has 0 heterocycles. The lowest BCUT2D eigenvalue weighted by Crippen LogP contribution is -2.04. The molecule has 0 saturated heterocycles. The third-order valence-electron chi connectivity index (χ3n) is 3.68. The molecule has 150 valence electrons. The van der Waals surface area contributed by atoms with E-state index in [1.807, 2.05) is 42.5 Å². The quantitative estimate of drug-likeness (QED) is 0.156. The van der Waals surface area contributed by atoms with Gasteiger partial charge < -0.3 is 9.84 Å². The molecule has 0 aliphatic carbocycles. The van der Waals surface area contributed by atoms with Gasteiger partial charge in [-0.2, -0.15) is 0 Å². The van der Waals surface area contributed by atoms with E-state index in [2.05, 4.69) is 23.8 Å². The largest absolute Gasteiger partial charge is 0.460 e. The monoisotopic (exact) mass is 372 g/mol. The van der Waals surface area contributed by atoms with E-state index in [1.54, 1.807) is 12.2 Å². The second kappa shape index (κ2) is 21.9. The van der Waals surface area contributed by atoms with E-state index in [0.29, 0.717) is 0 Å². The lowest BCUT2D eigenvalue weighted by atomic mass is 10.1. The fraction of sp³-hybridized carbons (Fsp3) is 0.458. The fourth-order valence-corrected chi connectivity index (χ4v) is 2.24. The highest BCUT2D eigenvalue weighted by Gasteiger charge is 1.92. The predicted octanol–water partition coefficient (Wildman–Crippen LogP) is 6.00. The van der Waals surface area contributed by atoms with Crippen molar-refractivity contribution in [1.29, 1.82) is 0 Å². The third-order valence-corrected chi connectivity index (χ3v) is 3.68. The molecule has 0 aromatic heterocycles. The molecule has 0 bridgehead atoms. The number of allylic oxidation sites excluding steroid dienone is 11. The first-order valence-corrected chi connectivity index (χ1v) is 10.1. The van der Waals surface area contributed by atoms with E-state index >= 15 is 0 Å². The van der Waals surface area contributed by atoms with Crippen molar-refractivity contribution in [3.63, 3.8) is 0 Å². The molecule has 3 nitrogen and oxygen atoms in total. The Labute approximate surface area is 165 Å². The Morgan fingerprint density at radius 2 is 1.26 bits per heavy atom. The summed E-state index contributed by atoms with van der Waals surface area (Å²) in [6.45, 7) is 2.12. The average molecular weight is 373 g/mol. The molecule has 0 amide bonds. The lowest BCUT2D eigenvalue weighted by Gasteiger charge is -1.98. The van der Waals surface area contributed by atoms with Gasteiger partial charge in [0.2, 0.25) is 0 Å². The summed E-state index contributed by atoms with van der Waals surface area (Å²) in [7, 11) is 0. The number of hydrogen-bond acceptors (Lipinski definition) is 3. The molecule has 0 aliphatic rings. The van der Waals surface area contributed by atoms with Gasteiger partial charge in [-0.25, -0.2) is 4.79 Å². The second-order valence-corrected chi connectivity index (χ2v) is 6.13. The van der Waals surface area contributed by atoms with Crippen LogP contribution in [0.1, 0.15) is 58.3 Å². The zero-order valence-electron chi connectivity index (χ0n) is 16.8. The van der Waals surface area contributed by atoms with Crippen LogP contribution in [-0.2, 0) is 9.53 Å². The topological polar surface area (TPSA) is 46.5 Å². The van der Waals surface area contributed by atoms with Crippen LogP contribution in [-0.4, -0.2) is 24.3 Å². The van der Waals surface area contributed by atoms with E-state index in [9.17, 15) is 4.79 Å². The van der Waals surface area contributed by atoms with Crippen molar-refractivity contribution in [3.8, 4) is 0 Å². The van der Waals surface area contributed by atoms with Crippen LogP contribution in [0.5, 0.6) is 0 Å². The van der Waals surface area contributed by atoms with Gasteiger partial charge in [0.15, 0.2) is 0 Å². The molecule has 3 heteroatoms. The Kier molecular flexibility index (Phi) is 20.2. The molecule has 0 aromatic carbocycles. The van der Waals surface area contributed by atoms with E-state index in [0.717, 1.165) is 6.42 Å². The molecular weight excluding hydrogens is 336 g/mol. The van der Waals surface area contributed by atoms with Gasteiger partial charge in [0, 0.05) is 6.08 Å². The van der Waals surface area contributed by atoms with Gasteiger partial charge in [0.05, 0.1) is 6.61 Å². The molecule has 0 spiro atoms. The van der Waals surface area contributed by atoms with Gasteiger partial charge in [0.1, 0.15) is 6.61 Å². The van der Waals surface area contributed by atoms with E-state index in [-0.39, 0.29) is 13.2 Å². The zero-order chi connectivity index (χ0) is 19.8. The van der Waals surface area contributed by atoms with Crippen LogP contribution in [0.2, 0.25) is 0 Å². The van der Waals surface area contributed by atoms with Crippen LogP contribution < -0.4 is 0 Å². The summed E-state index contributed by atoms with van der Waals surface area (Å²) in [6, 6.07) is 0. The first-order chi connectivity index (χ1) is 13.3. The summed E-state index contributed by atoms with van der Waals surface area (Å²) in [4.78, 5) is 11.1. The number of aliphatic hydroxyl groups is 1. The normalized spacial score (nSPS) is 12.8. The SMILES string of the molecule is CCCCCCCCCC=CC=CC=CC=CC=CC=CC(=O)OCCO. The van der Waals surface area contributed by atoms with Crippen molar-refractivity contribution in [2.24, 2.45) is 0 Å². The molecule has 27 heavy (non-hydrogen) atoms. The maximum Gasteiger partial charge on any atom is 0.330 e. The van der Waals surface area contributed by atoms with Gasteiger partial charge in [-0.15, -0.1) is 0 Å². The fourth-order valence-electron chi connectivity index (χ4n) is 2.24. The number of carbonyl (C=O) groups excluding carboxylic acids is 1. The minimum atomic E-state index is -0.456. The Hall–Kier alpha value is -2.13. The van der Waals surface area contributed by atoms with Crippen LogP contribution >= 0.6 is 0 Å². The molecule has 0 unspecified atom stereocenters. The summed E-state index contributed by atoms with van der Waals surface area (Å²) >= 11 is 0. The highest BCUT2D eigenvalue weighted by Crippen LogP contribution is 2.08. The molecule has 0 radical (unpaired) electrons. The Morgan fingerprint density at radius 3 is 1.85 bits per heavy atom. The van der Waals surface area contributed by atoms with E-state index in [4.69, 9.17) is 5.11 Å². The molecule has 1 N–H and O–H groups in total. The molecular formula is C24H36O3. The van der Waals surface area contributed by atoms with Crippen molar-refractivity contribution in [1.82, 2.24) is 0 Å². The Balaban J connectivity index is 3.65. The van der Waals surface area contributed by atoms with Crippen molar-refractivity contribution < 1.29 is 14.6 Å². The van der Waals surface area contributed by atoms with Crippen molar-refractivity contribution in [2.75, 3.05) is 13.2 Å². The van der Waals surface area contributed by atoms with Crippen LogP contribution in [0.25, 0.3) is 0 Å². The summed E-state index contributed by atoms with van der Waals surface area (Å²) in [5.41, 5.74) is 0. The lowest BCUT2D eigenvalue weighted by molar-refractivity contribution is -0.138. The van der Waals surface area contributed by atoms with Crippen LogP contribution in [0.15, 0.2) is 72.9 Å². The number of ether oxygens (including phenoxy) is 1. The van der Waals surface area contributed by atoms with Crippen molar-refractivity contribution in [2.45, 2.75) is 58.3 Å². The summed E-state index contributed by atoms with van der Waals surface area (Å²) in [5.74, 6) is -0.456. The average Bonchev–Trinajstić information content (AvgIpc) is 2.68. The Morgan fingerprint density at radius 1 is 0.741 bits per heavy atom. The summed E-state index contributed by atoms with van der Waals surface area (Å²) in [5, 5.41) is 8.51. The molecule has 0 fully saturated rings. The molecule has 0 atom stereocenters. The minimum absolute atomic E-state index is 0.0272. The number of esters is 1. The van der Waals surface area contributed by atoms with Gasteiger partial charge in [-0.1, -0.05) is 112 Å². The summed E-state index contributed by atoms with van der Waals surface area (Å²) < 4.78 is 4.68. The number of rotatable bonds is 16. The first-order valence-electron chi connectivity index (χ1n) is 10.1. The number of carbonyl (C=O) groups is 1. The standard InChI is InChI=1S/C24H36O3/c1-2-3-4-5-6-7-8-9-10-11-12-13-14-15-16-17-18-19-20-21-24(26)27-23-22-25/h10-21,25H,2-9,22-23H2,1H3. The zero-order valence-corrected chi connectivity index (χ0v) is 16.8. The van der Waals surface area contributed by atoms with E-state index in [1.165, 1.54) is 51.0 Å². The Bertz CT molecular complexity index is 508. The number of unbranched alkanes of at least 4 members (excludes halogenated alkanes) is 7.